The summed E-state index contributed by atoms with van der Waals surface area (Å²) in [6.07, 6.45) is 1.63. The molecule has 1 heterocycles. The summed E-state index contributed by atoms with van der Waals surface area (Å²) in [5, 5.41) is 14.3. The molecule has 1 saturated heterocycles. The van der Waals surface area contributed by atoms with Crippen LogP contribution in [0.4, 0.5) is 11.4 Å². The molecule has 1 aliphatic rings. The summed E-state index contributed by atoms with van der Waals surface area (Å²) in [6, 6.07) is 4.21. The highest BCUT2D eigenvalue weighted by Gasteiger charge is 2.31. The molecule has 1 fully saturated rings. The quantitative estimate of drug-likeness (QED) is 0.519. The van der Waals surface area contributed by atoms with Gasteiger partial charge in [-0.1, -0.05) is 13.8 Å². The molecule has 0 spiro atoms. The van der Waals surface area contributed by atoms with Crippen LogP contribution >= 0.6 is 0 Å². The van der Waals surface area contributed by atoms with E-state index < -0.39 is 14.9 Å². The Labute approximate surface area is 155 Å². The smallest absolute Gasteiger partial charge is 0.270 e. The van der Waals surface area contributed by atoms with Crippen LogP contribution in [0.25, 0.3) is 0 Å². The number of hydrogen-bond acceptors (Lipinski definition) is 6. The van der Waals surface area contributed by atoms with Crippen molar-refractivity contribution in [2.75, 3.05) is 38.0 Å². The van der Waals surface area contributed by atoms with Gasteiger partial charge in [-0.25, -0.2) is 8.42 Å². The van der Waals surface area contributed by atoms with Crippen molar-refractivity contribution < 1.29 is 13.3 Å². The lowest BCUT2D eigenvalue weighted by atomic mass is 10.2. The van der Waals surface area contributed by atoms with Gasteiger partial charge < -0.3 is 5.32 Å². The Kier molecular flexibility index (Phi) is 6.96. The molecule has 0 aromatic heterocycles. The molecule has 9 heteroatoms. The zero-order valence-electron chi connectivity index (χ0n) is 15.6. The number of sulfonamides is 1. The number of nitrogens with zero attached hydrogens (tertiary/aromatic N) is 3. The van der Waals surface area contributed by atoms with Crippen molar-refractivity contribution in [2.45, 2.75) is 44.6 Å². The SMILES string of the molecule is CCN(CC)C(C)CNc1ccc([N+](=O)[O-])cc1S(=O)(=O)N1CCCC1. The summed E-state index contributed by atoms with van der Waals surface area (Å²) in [5.41, 5.74) is 0.201. The lowest BCUT2D eigenvalue weighted by molar-refractivity contribution is -0.385. The predicted octanol–water partition coefficient (Wildman–Crippen LogP) is 2.52. The highest BCUT2D eigenvalue weighted by molar-refractivity contribution is 7.89. The number of benzene rings is 1. The van der Waals surface area contributed by atoms with Gasteiger partial charge in [0.05, 0.1) is 10.6 Å². The Morgan fingerprint density at radius 3 is 2.42 bits per heavy atom. The van der Waals surface area contributed by atoms with E-state index in [1.165, 1.54) is 16.4 Å². The number of rotatable bonds is 9. The molecule has 0 bridgehead atoms. The second kappa shape index (κ2) is 8.79. The second-order valence-corrected chi connectivity index (χ2v) is 8.41. The monoisotopic (exact) mass is 384 g/mol. The van der Waals surface area contributed by atoms with Crippen LogP contribution in [0.1, 0.15) is 33.6 Å². The summed E-state index contributed by atoms with van der Waals surface area (Å²) in [6.45, 7) is 9.50. The summed E-state index contributed by atoms with van der Waals surface area (Å²) in [7, 11) is -3.75. The normalized spacial score (nSPS) is 16.8. The Bertz CT molecular complexity index is 728. The number of likely N-dealkylation sites (N-methyl/N-ethyl adjacent to an activating group) is 1. The largest absolute Gasteiger partial charge is 0.382 e. The summed E-state index contributed by atoms with van der Waals surface area (Å²) in [5.74, 6) is 0. The zero-order valence-corrected chi connectivity index (χ0v) is 16.5. The van der Waals surface area contributed by atoms with Crippen molar-refractivity contribution in [1.29, 1.82) is 0 Å². The third-order valence-corrected chi connectivity index (χ3v) is 6.82. The predicted molar refractivity (Wildman–Crippen MR) is 102 cm³/mol. The first-order valence-electron chi connectivity index (χ1n) is 9.07. The average Bonchev–Trinajstić information content (AvgIpc) is 3.16. The van der Waals surface area contributed by atoms with E-state index in [0.717, 1.165) is 32.0 Å². The van der Waals surface area contributed by atoms with Gasteiger partial charge in [0.15, 0.2) is 0 Å². The van der Waals surface area contributed by atoms with E-state index in [1.807, 2.05) is 0 Å². The van der Waals surface area contributed by atoms with Gasteiger partial charge >= 0.3 is 0 Å². The minimum absolute atomic E-state index is 0.0136. The van der Waals surface area contributed by atoms with Gasteiger partial charge in [-0.3, -0.25) is 15.0 Å². The minimum atomic E-state index is -3.75. The van der Waals surface area contributed by atoms with Gasteiger partial charge in [0.2, 0.25) is 10.0 Å². The van der Waals surface area contributed by atoms with Gasteiger partial charge in [0.25, 0.3) is 5.69 Å². The number of non-ortho nitro benzene ring substituents is 1. The first kappa shape index (κ1) is 20.6. The maximum absolute atomic E-state index is 13.0. The second-order valence-electron chi connectivity index (χ2n) is 6.50. The fraction of sp³-hybridized carbons (Fsp3) is 0.647. The van der Waals surface area contributed by atoms with Crippen LogP contribution in [-0.4, -0.2) is 61.3 Å². The van der Waals surface area contributed by atoms with Crippen LogP contribution in [0.15, 0.2) is 23.1 Å². The first-order valence-corrected chi connectivity index (χ1v) is 10.5. The number of nitrogens with one attached hydrogen (secondary N) is 1. The number of hydrogen-bond donors (Lipinski definition) is 1. The van der Waals surface area contributed by atoms with Crippen molar-refractivity contribution in [1.82, 2.24) is 9.21 Å². The Morgan fingerprint density at radius 2 is 1.88 bits per heavy atom. The van der Waals surface area contributed by atoms with Crippen LogP contribution in [0.2, 0.25) is 0 Å². The summed E-state index contributed by atoms with van der Waals surface area (Å²) in [4.78, 5) is 12.8. The lowest BCUT2D eigenvalue weighted by Crippen LogP contribution is -2.38. The van der Waals surface area contributed by atoms with Gasteiger partial charge in [-0.05, 0) is 38.9 Å². The minimum Gasteiger partial charge on any atom is -0.382 e. The van der Waals surface area contributed by atoms with E-state index in [4.69, 9.17) is 0 Å². The maximum Gasteiger partial charge on any atom is 0.270 e. The summed E-state index contributed by atoms with van der Waals surface area (Å²) < 4.78 is 27.4. The molecule has 1 N–H and O–H groups in total. The van der Waals surface area contributed by atoms with E-state index >= 15 is 0 Å². The van der Waals surface area contributed by atoms with E-state index in [0.29, 0.717) is 25.3 Å². The standard InChI is InChI=1S/C17H28N4O4S/c1-4-19(5-2)14(3)13-18-16-9-8-15(21(22)23)12-17(16)26(24,25)20-10-6-7-11-20/h8-9,12,14,18H,4-7,10-11,13H2,1-3H3. The molecule has 2 rings (SSSR count). The van der Waals surface area contributed by atoms with E-state index in [9.17, 15) is 18.5 Å². The molecule has 146 valence electrons. The molecule has 0 saturated carbocycles. The number of nitro benzene ring substituents is 1. The van der Waals surface area contributed by atoms with Crippen molar-refractivity contribution in [3.63, 3.8) is 0 Å². The fourth-order valence-corrected chi connectivity index (χ4v) is 4.99. The molecular weight excluding hydrogens is 356 g/mol. The Morgan fingerprint density at radius 1 is 1.27 bits per heavy atom. The topological polar surface area (TPSA) is 95.8 Å². The molecule has 1 unspecified atom stereocenters. The fourth-order valence-electron chi connectivity index (χ4n) is 3.29. The van der Waals surface area contributed by atoms with E-state index in [-0.39, 0.29) is 16.6 Å². The van der Waals surface area contributed by atoms with Crippen molar-refractivity contribution >= 4 is 21.4 Å². The molecule has 1 atom stereocenters. The van der Waals surface area contributed by atoms with Gasteiger partial charge in [-0.15, -0.1) is 0 Å². The zero-order chi connectivity index (χ0) is 19.3. The third kappa shape index (κ3) is 4.52. The van der Waals surface area contributed by atoms with Gasteiger partial charge in [-0.2, -0.15) is 4.31 Å². The van der Waals surface area contributed by atoms with Crippen LogP contribution < -0.4 is 5.32 Å². The van der Waals surface area contributed by atoms with E-state index in [2.05, 4.69) is 31.0 Å². The van der Waals surface area contributed by atoms with Crippen LogP contribution in [-0.2, 0) is 10.0 Å². The van der Waals surface area contributed by atoms with Crippen LogP contribution in [0.5, 0.6) is 0 Å². The molecule has 0 amide bonds. The molecule has 1 aromatic carbocycles. The van der Waals surface area contributed by atoms with Crippen LogP contribution in [0, 0.1) is 10.1 Å². The molecule has 0 radical (unpaired) electrons. The average molecular weight is 385 g/mol. The van der Waals surface area contributed by atoms with Gasteiger partial charge in [0.1, 0.15) is 4.90 Å². The molecule has 26 heavy (non-hydrogen) atoms. The Hall–Kier alpha value is -1.71. The third-order valence-electron chi connectivity index (χ3n) is 4.88. The number of nitro groups is 1. The molecule has 1 aromatic rings. The van der Waals surface area contributed by atoms with E-state index in [1.54, 1.807) is 0 Å². The van der Waals surface area contributed by atoms with Gasteiger partial charge in [0, 0.05) is 37.8 Å². The highest BCUT2D eigenvalue weighted by atomic mass is 32.2. The summed E-state index contributed by atoms with van der Waals surface area (Å²) >= 11 is 0. The Balaban J connectivity index is 2.32. The molecular formula is C17H28N4O4S. The van der Waals surface area contributed by atoms with Crippen molar-refractivity contribution in [2.24, 2.45) is 0 Å². The lowest BCUT2D eigenvalue weighted by Gasteiger charge is -2.27. The molecule has 8 nitrogen and oxygen atoms in total. The first-order chi connectivity index (χ1) is 12.3. The van der Waals surface area contributed by atoms with Crippen molar-refractivity contribution in [3.8, 4) is 0 Å². The number of anilines is 1. The molecule has 0 aliphatic carbocycles. The highest BCUT2D eigenvalue weighted by Crippen LogP contribution is 2.30. The molecule has 1 aliphatic heterocycles. The maximum atomic E-state index is 13.0. The van der Waals surface area contributed by atoms with Crippen molar-refractivity contribution in [3.05, 3.63) is 28.3 Å². The van der Waals surface area contributed by atoms with Crippen LogP contribution in [0.3, 0.4) is 0 Å².